The number of H-pyrrole nitrogens is 1. The van der Waals surface area contributed by atoms with Gasteiger partial charge >= 0.3 is 0 Å². The van der Waals surface area contributed by atoms with Crippen LogP contribution in [0.1, 0.15) is 0 Å². The lowest BCUT2D eigenvalue weighted by atomic mass is 10.1. The molecule has 0 saturated heterocycles. The van der Waals surface area contributed by atoms with Gasteiger partial charge in [0.1, 0.15) is 11.6 Å². The van der Waals surface area contributed by atoms with E-state index in [0.717, 1.165) is 39.1 Å². The third kappa shape index (κ3) is 1.92. The first-order chi connectivity index (χ1) is 10.3. The number of aromatic nitrogens is 3. The SMILES string of the molecule is COc1ccc2nc(-c3cccc4cccnc34)[nH]c2c1. The van der Waals surface area contributed by atoms with Crippen LogP contribution in [0.2, 0.25) is 0 Å². The molecule has 1 N–H and O–H groups in total. The highest BCUT2D eigenvalue weighted by atomic mass is 16.5. The molecule has 0 bridgehead atoms. The van der Waals surface area contributed by atoms with Crippen LogP contribution in [0.5, 0.6) is 5.75 Å². The first kappa shape index (κ1) is 11.9. The van der Waals surface area contributed by atoms with Gasteiger partial charge in [-0.25, -0.2) is 4.98 Å². The minimum Gasteiger partial charge on any atom is -0.497 e. The average molecular weight is 275 g/mol. The molecule has 0 radical (unpaired) electrons. The summed E-state index contributed by atoms with van der Waals surface area (Å²) in [5.41, 5.74) is 3.82. The van der Waals surface area contributed by atoms with Crippen molar-refractivity contribution < 1.29 is 4.74 Å². The summed E-state index contributed by atoms with van der Waals surface area (Å²) in [5, 5.41) is 1.10. The molecule has 0 aliphatic rings. The smallest absolute Gasteiger partial charge is 0.140 e. The van der Waals surface area contributed by atoms with Crippen molar-refractivity contribution >= 4 is 21.9 Å². The van der Waals surface area contributed by atoms with Crippen molar-refractivity contribution in [3.8, 4) is 17.1 Å². The maximum atomic E-state index is 5.25. The van der Waals surface area contributed by atoms with E-state index in [9.17, 15) is 0 Å². The van der Waals surface area contributed by atoms with E-state index in [1.807, 2.05) is 36.4 Å². The van der Waals surface area contributed by atoms with Crippen LogP contribution in [0.25, 0.3) is 33.3 Å². The van der Waals surface area contributed by atoms with Crippen LogP contribution in [0.4, 0.5) is 0 Å². The number of imidazole rings is 1. The Bertz CT molecular complexity index is 938. The van der Waals surface area contributed by atoms with Crippen LogP contribution in [0, 0.1) is 0 Å². The molecule has 0 fully saturated rings. The van der Waals surface area contributed by atoms with E-state index in [-0.39, 0.29) is 0 Å². The first-order valence-corrected chi connectivity index (χ1v) is 6.73. The number of methoxy groups -OCH3 is 1. The van der Waals surface area contributed by atoms with Gasteiger partial charge in [0.05, 0.1) is 23.7 Å². The van der Waals surface area contributed by atoms with Crippen molar-refractivity contribution in [1.82, 2.24) is 15.0 Å². The summed E-state index contributed by atoms with van der Waals surface area (Å²) in [4.78, 5) is 12.5. The Morgan fingerprint density at radius 2 is 1.95 bits per heavy atom. The van der Waals surface area contributed by atoms with E-state index >= 15 is 0 Å². The van der Waals surface area contributed by atoms with Crippen molar-refractivity contribution in [2.75, 3.05) is 7.11 Å². The molecule has 0 unspecified atom stereocenters. The normalized spacial score (nSPS) is 11.1. The minimum atomic E-state index is 0.814. The van der Waals surface area contributed by atoms with Crippen LogP contribution in [0.3, 0.4) is 0 Å². The lowest BCUT2D eigenvalue weighted by Gasteiger charge is -2.02. The minimum absolute atomic E-state index is 0.814. The largest absolute Gasteiger partial charge is 0.497 e. The van der Waals surface area contributed by atoms with Crippen LogP contribution in [0.15, 0.2) is 54.7 Å². The van der Waals surface area contributed by atoms with E-state index in [2.05, 4.69) is 27.1 Å². The number of nitrogens with zero attached hydrogens (tertiary/aromatic N) is 2. The Labute approximate surface area is 121 Å². The second kappa shape index (κ2) is 4.59. The van der Waals surface area contributed by atoms with Gasteiger partial charge in [0.2, 0.25) is 0 Å². The predicted octanol–water partition coefficient (Wildman–Crippen LogP) is 3.79. The Balaban J connectivity index is 1.96. The second-order valence-electron chi connectivity index (χ2n) is 4.85. The van der Waals surface area contributed by atoms with Crippen molar-refractivity contribution in [3.05, 3.63) is 54.7 Å². The molecular weight excluding hydrogens is 262 g/mol. The molecule has 0 amide bonds. The molecule has 2 aromatic heterocycles. The molecule has 4 nitrogen and oxygen atoms in total. The standard InChI is InChI=1S/C17H13N3O/c1-21-12-7-8-14-15(10-12)20-17(19-14)13-6-2-4-11-5-3-9-18-16(11)13/h2-10H,1H3,(H,19,20). The monoisotopic (exact) mass is 275 g/mol. The molecule has 0 saturated carbocycles. The van der Waals surface area contributed by atoms with Gasteiger partial charge in [0.15, 0.2) is 0 Å². The molecule has 4 heteroatoms. The molecule has 2 heterocycles. The molecule has 4 rings (SSSR count). The summed E-state index contributed by atoms with van der Waals surface area (Å²) in [6.45, 7) is 0. The quantitative estimate of drug-likeness (QED) is 0.605. The van der Waals surface area contributed by atoms with Crippen molar-refractivity contribution in [2.45, 2.75) is 0 Å². The van der Waals surface area contributed by atoms with Gasteiger partial charge in [-0.15, -0.1) is 0 Å². The van der Waals surface area contributed by atoms with Gasteiger partial charge in [0.25, 0.3) is 0 Å². The number of fused-ring (bicyclic) bond motifs is 2. The Kier molecular flexibility index (Phi) is 2.60. The zero-order valence-corrected chi connectivity index (χ0v) is 11.5. The number of nitrogens with one attached hydrogen (secondary N) is 1. The van der Waals surface area contributed by atoms with Crippen LogP contribution >= 0.6 is 0 Å². The highest BCUT2D eigenvalue weighted by Crippen LogP contribution is 2.28. The molecule has 0 spiro atoms. The number of ether oxygens (including phenoxy) is 1. The lowest BCUT2D eigenvalue weighted by Crippen LogP contribution is -1.85. The fraction of sp³-hybridized carbons (Fsp3) is 0.0588. The van der Waals surface area contributed by atoms with Crippen LogP contribution in [-0.2, 0) is 0 Å². The molecular formula is C17H13N3O. The molecule has 2 aromatic carbocycles. The highest BCUT2D eigenvalue weighted by Gasteiger charge is 2.10. The first-order valence-electron chi connectivity index (χ1n) is 6.73. The van der Waals surface area contributed by atoms with Crippen LogP contribution in [-0.4, -0.2) is 22.1 Å². The van der Waals surface area contributed by atoms with Gasteiger partial charge in [-0.3, -0.25) is 4.98 Å². The maximum absolute atomic E-state index is 5.25. The van der Waals surface area contributed by atoms with E-state index in [1.54, 1.807) is 13.3 Å². The zero-order valence-electron chi connectivity index (χ0n) is 11.5. The van der Waals surface area contributed by atoms with Gasteiger partial charge in [-0.2, -0.15) is 0 Å². The van der Waals surface area contributed by atoms with Crippen molar-refractivity contribution in [3.63, 3.8) is 0 Å². The summed E-state index contributed by atoms with van der Waals surface area (Å²) in [6.07, 6.45) is 1.80. The molecule has 21 heavy (non-hydrogen) atoms. The van der Waals surface area contributed by atoms with E-state index < -0.39 is 0 Å². The predicted molar refractivity (Wildman–Crippen MR) is 83.4 cm³/mol. The van der Waals surface area contributed by atoms with E-state index in [4.69, 9.17) is 4.74 Å². The molecule has 0 aliphatic carbocycles. The van der Waals surface area contributed by atoms with Gasteiger partial charge in [0, 0.05) is 23.2 Å². The number of hydrogen-bond donors (Lipinski definition) is 1. The summed E-state index contributed by atoms with van der Waals surface area (Å²) in [7, 11) is 1.66. The molecule has 4 aromatic rings. The zero-order chi connectivity index (χ0) is 14.2. The maximum Gasteiger partial charge on any atom is 0.140 e. The molecule has 0 aliphatic heterocycles. The molecule has 102 valence electrons. The third-order valence-corrected chi connectivity index (χ3v) is 3.58. The second-order valence-corrected chi connectivity index (χ2v) is 4.85. The number of benzene rings is 2. The highest BCUT2D eigenvalue weighted by molar-refractivity contribution is 5.93. The van der Waals surface area contributed by atoms with E-state index in [1.165, 1.54) is 0 Å². The molecule has 0 atom stereocenters. The number of hydrogen-bond acceptors (Lipinski definition) is 3. The lowest BCUT2D eigenvalue weighted by molar-refractivity contribution is 0.415. The number of rotatable bonds is 2. The van der Waals surface area contributed by atoms with Gasteiger partial charge in [-0.1, -0.05) is 18.2 Å². The Morgan fingerprint density at radius 1 is 1.05 bits per heavy atom. The fourth-order valence-electron chi connectivity index (χ4n) is 2.54. The van der Waals surface area contributed by atoms with Gasteiger partial charge in [-0.05, 0) is 24.3 Å². The summed E-state index contributed by atoms with van der Waals surface area (Å²) in [5.74, 6) is 1.64. The van der Waals surface area contributed by atoms with E-state index in [0.29, 0.717) is 0 Å². The van der Waals surface area contributed by atoms with Gasteiger partial charge < -0.3 is 9.72 Å². The Morgan fingerprint density at radius 3 is 2.86 bits per heavy atom. The summed E-state index contributed by atoms with van der Waals surface area (Å²) >= 11 is 0. The van der Waals surface area contributed by atoms with Crippen molar-refractivity contribution in [1.29, 1.82) is 0 Å². The van der Waals surface area contributed by atoms with Crippen LogP contribution < -0.4 is 4.74 Å². The number of para-hydroxylation sites is 1. The average Bonchev–Trinajstić information content (AvgIpc) is 2.97. The summed E-state index contributed by atoms with van der Waals surface area (Å²) in [6, 6.07) is 15.9. The topological polar surface area (TPSA) is 50.8 Å². The number of pyridine rings is 1. The summed E-state index contributed by atoms with van der Waals surface area (Å²) < 4.78 is 5.25. The van der Waals surface area contributed by atoms with Crippen molar-refractivity contribution in [2.24, 2.45) is 0 Å². The Hall–Kier alpha value is -2.88. The fourth-order valence-corrected chi connectivity index (χ4v) is 2.54. The third-order valence-electron chi connectivity index (χ3n) is 3.58. The number of aromatic amines is 1.